The van der Waals surface area contributed by atoms with Crippen LogP contribution < -0.4 is 31.0 Å². The van der Waals surface area contributed by atoms with Gasteiger partial charge in [0.05, 0.1) is 19.3 Å². The second-order valence-electron chi connectivity index (χ2n) is 7.99. The summed E-state index contributed by atoms with van der Waals surface area (Å²) in [6.45, 7) is 2.38. The maximum Gasteiger partial charge on any atom is 0.169 e. The number of anilines is 1. The highest BCUT2D eigenvalue weighted by Gasteiger charge is 2.52. The number of pyridine rings is 1. The van der Waals surface area contributed by atoms with Gasteiger partial charge in [-0.25, -0.2) is 4.39 Å². The topological polar surface area (TPSA) is 105 Å². The lowest BCUT2D eigenvalue weighted by molar-refractivity contribution is 0.253. The van der Waals surface area contributed by atoms with Crippen LogP contribution in [0.25, 0.3) is 0 Å². The summed E-state index contributed by atoms with van der Waals surface area (Å²) in [7, 11) is 1.50. The summed E-state index contributed by atoms with van der Waals surface area (Å²) in [6, 6.07) is 12.1. The number of methoxy groups -OCH3 is 1. The first-order valence-electron chi connectivity index (χ1n) is 10.7. The van der Waals surface area contributed by atoms with Gasteiger partial charge in [-0.15, -0.1) is 11.8 Å². The van der Waals surface area contributed by atoms with Crippen molar-refractivity contribution in [3.05, 3.63) is 71.3 Å². The summed E-state index contributed by atoms with van der Waals surface area (Å²) in [5, 5.41) is 3.62. The Labute approximate surface area is 195 Å². The maximum absolute atomic E-state index is 15.2. The van der Waals surface area contributed by atoms with Gasteiger partial charge in [0.2, 0.25) is 0 Å². The van der Waals surface area contributed by atoms with E-state index in [1.54, 1.807) is 30.5 Å². The molecule has 2 aliphatic rings. The van der Waals surface area contributed by atoms with E-state index < -0.39 is 16.4 Å². The minimum Gasteiger partial charge on any atom is -0.497 e. The number of nitrogens with one attached hydrogen (secondary N) is 1. The standard InChI is InChI=1S/C24H25FN4O3S/c1-3-31-20-5-4-9-28-22(20)24(27)29-23(8-10-33-24)16-11-14(26)6-7-19(16)32-21-17(23)12-15(30-2)13-18(21)25/h4-7,9,11-13,29H,3,8,10,26-27H2,1-2H3. The van der Waals surface area contributed by atoms with E-state index in [1.165, 1.54) is 24.9 Å². The van der Waals surface area contributed by atoms with Crippen LogP contribution in [0, 0.1) is 5.82 Å². The van der Waals surface area contributed by atoms with E-state index in [9.17, 15) is 0 Å². The molecular formula is C24H25FN4O3S. The molecule has 172 valence electrons. The van der Waals surface area contributed by atoms with E-state index in [1.807, 2.05) is 19.1 Å². The summed E-state index contributed by atoms with van der Waals surface area (Å²) < 4.78 is 32.4. The van der Waals surface area contributed by atoms with Crippen molar-refractivity contribution in [2.24, 2.45) is 5.73 Å². The molecule has 5 rings (SSSR count). The number of rotatable bonds is 4. The Morgan fingerprint density at radius 3 is 2.88 bits per heavy atom. The number of ether oxygens (including phenoxy) is 3. The average Bonchev–Trinajstić information content (AvgIpc) is 2.81. The van der Waals surface area contributed by atoms with Gasteiger partial charge in [0.15, 0.2) is 16.6 Å². The first kappa shape index (κ1) is 21.8. The van der Waals surface area contributed by atoms with Crippen LogP contribution >= 0.6 is 11.8 Å². The number of hydrogen-bond donors (Lipinski definition) is 3. The van der Waals surface area contributed by atoms with Gasteiger partial charge < -0.3 is 19.9 Å². The van der Waals surface area contributed by atoms with Crippen LogP contribution in [0.3, 0.4) is 0 Å². The second-order valence-corrected chi connectivity index (χ2v) is 9.33. The van der Waals surface area contributed by atoms with Crippen LogP contribution in [-0.4, -0.2) is 24.5 Å². The molecule has 1 saturated heterocycles. The second kappa shape index (κ2) is 8.09. The minimum absolute atomic E-state index is 0.140. The molecule has 2 aromatic carbocycles. The number of aromatic nitrogens is 1. The molecule has 5 N–H and O–H groups in total. The third kappa shape index (κ3) is 3.47. The highest BCUT2D eigenvalue weighted by molar-refractivity contribution is 8.00. The molecule has 0 radical (unpaired) electrons. The van der Waals surface area contributed by atoms with Crippen molar-refractivity contribution in [3.8, 4) is 23.0 Å². The van der Waals surface area contributed by atoms with Gasteiger partial charge in [0, 0.05) is 29.1 Å². The van der Waals surface area contributed by atoms with E-state index in [-0.39, 0.29) is 5.75 Å². The Hall–Kier alpha value is -3.01. The smallest absolute Gasteiger partial charge is 0.169 e. The van der Waals surface area contributed by atoms with Crippen LogP contribution in [0.1, 0.15) is 30.2 Å². The van der Waals surface area contributed by atoms with Crippen LogP contribution in [0.4, 0.5) is 10.1 Å². The highest BCUT2D eigenvalue weighted by Crippen LogP contribution is 2.55. The minimum atomic E-state index is -1.12. The van der Waals surface area contributed by atoms with Gasteiger partial charge in [-0.3, -0.25) is 16.0 Å². The zero-order valence-electron chi connectivity index (χ0n) is 18.4. The third-order valence-corrected chi connectivity index (χ3v) is 7.18. The van der Waals surface area contributed by atoms with Crippen LogP contribution in [-0.2, 0) is 10.5 Å². The van der Waals surface area contributed by atoms with Crippen LogP contribution in [0.15, 0.2) is 48.7 Å². The number of hydrogen-bond acceptors (Lipinski definition) is 8. The Morgan fingerprint density at radius 2 is 2.09 bits per heavy atom. The van der Waals surface area contributed by atoms with Crippen molar-refractivity contribution in [2.45, 2.75) is 23.9 Å². The predicted molar refractivity (Wildman–Crippen MR) is 126 cm³/mol. The molecule has 1 aromatic heterocycles. The first-order chi connectivity index (χ1) is 15.9. The molecule has 7 nitrogen and oxygen atoms in total. The summed E-state index contributed by atoms with van der Waals surface area (Å²) in [5.74, 6) is 1.79. The van der Waals surface area contributed by atoms with Crippen molar-refractivity contribution in [1.29, 1.82) is 0 Å². The Balaban J connectivity index is 1.74. The molecule has 0 aliphatic carbocycles. The van der Waals surface area contributed by atoms with E-state index in [4.69, 9.17) is 25.7 Å². The number of nitrogens with zero attached hydrogens (tertiary/aromatic N) is 1. The lowest BCUT2D eigenvalue weighted by atomic mass is 9.77. The summed E-state index contributed by atoms with van der Waals surface area (Å²) in [6.07, 6.45) is 2.30. The first-order valence-corrected chi connectivity index (χ1v) is 11.6. The van der Waals surface area contributed by atoms with Crippen LogP contribution in [0.2, 0.25) is 0 Å². The van der Waals surface area contributed by atoms with Gasteiger partial charge in [-0.05, 0) is 55.5 Å². The number of fused-ring (bicyclic) bond motifs is 4. The van der Waals surface area contributed by atoms with Crippen molar-refractivity contribution >= 4 is 17.4 Å². The molecule has 1 fully saturated rings. The molecule has 2 atom stereocenters. The van der Waals surface area contributed by atoms with E-state index in [2.05, 4.69) is 10.3 Å². The maximum atomic E-state index is 15.2. The fourth-order valence-corrected chi connectivity index (χ4v) is 5.85. The van der Waals surface area contributed by atoms with Crippen molar-refractivity contribution < 1.29 is 18.6 Å². The fourth-order valence-electron chi connectivity index (χ4n) is 4.59. The van der Waals surface area contributed by atoms with Gasteiger partial charge in [-0.2, -0.15) is 0 Å². The normalized spacial score (nSPS) is 23.4. The summed E-state index contributed by atoms with van der Waals surface area (Å²) in [4.78, 5) is 3.44. The predicted octanol–water partition coefficient (Wildman–Crippen LogP) is 4.06. The van der Waals surface area contributed by atoms with Crippen molar-refractivity contribution in [3.63, 3.8) is 0 Å². The summed E-state index contributed by atoms with van der Waals surface area (Å²) >= 11 is 1.52. The van der Waals surface area contributed by atoms with Gasteiger partial charge in [-0.1, -0.05) is 0 Å². The molecule has 9 heteroatoms. The highest BCUT2D eigenvalue weighted by atomic mass is 32.2. The molecule has 0 amide bonds. The fraction of sp³-hybridized carbons (Fsp3) is 0.292. The molecule has 0 saturated carbocycles. The number of benzene rings is 2. The quantitative estimate of drug-likeness (QED) is 0.493. The molecule has 0 bridgehead atoms. The van der Waals surface area contributed by atoms with Gasteiger partial charge in [0.1, 0.15) is 22.9 Å². The monoisotopic (exact) mass is 468 g/mol. The molecule has 1 spiro atoms. The third-order valence-electron chi connectivity index (χ3n) is 6.02. The molecule has 2 aliphatic heterocycles. The Bertz CT molecular complexity index is 1230. The number of nitrogen functional groups attached to an aromatic ring is 1. The van der Waals surface area contributed by atoms with Crippen molar-refractivity contribution in [2.75, 3.05) is 25.2 Å². The van der Waals surface area contributed by atoms with E-state index in [0.29, 0.717) is 53.0 Å². The average molecular weight is 469 g/mol. The number of nitrogens with two attached hydrogens (primary N) is 2. The largest absolute Gasteiger partial charge is 0.497 e. The Morgan fingerprint density at radius 1 is 1.24 bits per heavy atom. The zero-order valence-corrected chi connectivity index (χ0v) is 19.2. The SMILES string of the molecule is CCOc1cccnc1C1(N)NC2(CCS1)c1cc(N)ccc1Oc1c(F)cc(OC)cc12. The molecule has 3 heterocycles. The lowest BCUT2D eigenvalue weighted by Gasteiger charge is -2.50. The van der Waals surface area contributed by atoms with Gasteiger partial charge in [0.25, 0.3) is 0 Å². The Kier molecular flexibility index (Phi) is 5.35. The molecular weight excluding hydrogens is 443 g/mol. The molecule has 33 heavy (non-hydrogen) atoms. The van der Waals surface area contributed by atoms with Crippen molar-refractivity contribution in [1.82, 2.24) is 10.3 Å². The summed E-state index contributed by atoms with van der Waals surface area (Å²) in [5.41, 5.74) is 14.8. The van der Waals surface area contributed by atoms with E-state index in [0.717, 1.165) is 5.56 Å². The lowest BCUT2D eigenvalue weighted by Crippen LogP contribution is -2.62. The van der Waals surface area contributed by atoms with Crippen LogP contribution in [0.5, 0.6) is 23.0 Å². The number of halogens is 1. The number of thioether (sulfide) groups is 1. The molecule has 3 aromatic rings. The van der Waals surface area contributed by atoms with Gasteiger partial charge >= 0.3 is 0 Å². The van der Waals surface area contributed by atoms with E-state index >= 15 is 4.39 Å². The zero-order chi connectivity index (χ0) is 23.2. The molecule has 2 unspecified atom stereocenters.